The molecular formula is C14H18BrNO3. The van der Waals surface area contributed by atoms with Crippen molar-refractivity contribution in [2.24, 2.45) is 5.92 Å². The molecule has 1 N–H and O–H groups in total. The first-order valence-corrected chi connectivity index (χ1v) is 7.50. The van der Waals surface area contributed by atoms with Crippen molar-refractivity contribution in [3.8, 4) is 0 Å². The summed E-state index contributed by atoms with van der Waals surface area (Å²) in [5.74, 6) is 0.182. The summed E-state index contributed by atoms with van der Waals surface area (Å²) in [6.07, 6.45) is 3.82. The number of nitrogens with zero attached hydrogens (tertiary/aromatic N) is 1. The third kappa shape index (κ3) is 2.70. The minimum absolute atomic E-state index is 0.175. The van der Waals surface area contributed by atoms with E-state index in [1.54, 1.807) is 6.20 Å². The molecule has 0 amide bonds. The molecule has 3 heterocycles. The zero-order valence-electron chi connectivity index (χ0n) is 10.7. The topological polar surface area (TPSA) is 51.6 Å². The predicted molar refractivity (Wildman–Crippen MR) is 73.7 cm³/mol. The molecule has 3 rings (SSSR count). The van der Waals surface area contributed by atoms with Crippen LogP contribution in [0.1, 0.15) is 31.1 Å². The molecule has 3 unspecified atom stereocenters. The van der Waals surface area contributed by atoms with Gasteiger partial charge in [0.15, 0.2) is 0 Å². The van der Waals surface area contributed by atoms with Gasteiger partial charge in [-0.15, -0.1) is 0 Å². The molecule has 1 aromatic heterocycles. The van der Waals surface area contributed by atoms with Crippen molar-refractivity contribution in [1.29, 1.82) is 0 Å². The maximum Gasteiger partial charge on any atom is 0.100 e. The standard InChI is InChI=1S/C14H18BrNO3/c15-11-2-1-5-16-12(11)13(17)10-3-6-19-14(8-10)4-7-18-9-14/h1-2,5,10,13,17H,3-4,6-9H2. The van der Waals surface area contributed by atoms with Gasteiger partial charge in [0.1, 0.15) is 6.10 Å². The van der Waals surface area contributed by atoms with E-state index in [1.165, 1.54) is 0 Å². The van der Waals surface area contributed by atoms with Crippen molar-refractivity contribution in [2.75, 3.05) is 19.8 Å². The predicted octanol–water partition coefficient (Wildman–Crippen LogP) is 2.46. The van der Waals surface area contributed by atoms with Crippen molar-refractivity contribution in [2.45, 2.75) is 31.0 Å². The second-order valence-corrected chi connectivity index (χ2v) is 6.26. The van der Waals surface area contributed by atoms with E-state index in [-0.39, 0.29) is 11.5 Å². The summed E-state index contributed by atoms with van der Waals surface area (Å²) < 4.78 is 12.2. The maximum atomic E-state index is 10.6. The lowest BCUT2D eigenvalue weighted by molar-refractivity contribution is -0.117. The highest BCUT2D eigenvalue weighted by atomic mass is 79.9. The quantitative estimate of drug-likeness (QED) is 0.906. The van der Waals surface area contributed by atoms with E-state index in [4.69, 9.17) is 9.47 Å². The van der Waals surface area contributed by atoms with Gasteiger partial charge in [0, 0.05) is 30.3 Å². The van der Waals surface area contributed by atoms with Gasteiger partial charge in [-0.25, -0.2) is 0 Å². The van der Waals surface area contributed by atoms with Gasteiger partial charge in [-0.05, 0) is 46.8 Å². The van der Waals surface area contributed by atoms with Crippen LogP contribution in [0.4, 0.5) is 0 Å². The molecular weight excluding hydrogens is 310 g/mol. The Labute approximate surface area is 121 Å². The highest BCUT2D eigenvalue weighted by Crippen LogP contribution is 2.41. The molecule has 1 aromatic rings. The molecule has 0 aromatic carbocycles. The van der Waals surface area contributed by atoms with Crippen LogP contribution in [0.3, 0.4) is 0 Å². The van der Waals surface area contributed by atoms with E-state index in [1.807, 2.05) is 12.1 Å². The van der Waals surface area contributed by atoms with E-state index in [0.717, 1.165) is 36.0 Å². The summed E-state index contributed by atoms with van der Waals surface area (Å²) in [7, 11) is 0. The van der Waals surface area contributed by atoms with Gasteiger partial charge in [-0.3, -0.25) is 4.98 Å². The van der Waals surface area contributed by atoms with Crippen LogP contribution in [0.25, 0.3) is 0 Å². The lowest BCUT2D eigenvalue weighted by Crippen LogP contribution is -2.42. The molecule has 5 heteroatoms. The van der Waals surface area contributed by atoms with Crippen LogP contribution in [-0.4, -0.2) is 35.5 Å². The van der Waals surface area contributed by atoms with Gasteiger partial charge in [0.25, 0.3) is 0 Å². The summed E-state index contributed by atoms with van der Waals surface area (Å²) in [6, 6.07) is 3.77. The number of pyridine rings is 1. The number of hydrogen-bond acceptors (Lipinski definition) is 4. The molecule has 2 fully saturated rings. The van der Waals surface area contributed by atoms with Crippen LogP contribution in [0.5, 0.6) is 0 Å². The molecule has 0 bridgehead atoms. The molecule has 3 atom stereocenters. The van der Waals surface area contributed by atoms with Crippen molar-refractivity contribution in [3.63, 3.8) is 0 Å². The summed E-state index contributed by atoms with van der Waals surface area (Å²) in [4.78, 5) is 4.30. The average molecular weight is 328 g/mol. The van der Waals surface area contributed by atoms with Gasteiger partial charge in [0.2, 0.25) is 0 Å². The summed E-state index contributed by atoms with van der Waals surface area (Å²) >= 11 is 3.46. The van der Waals surface area contributed by atoms with E-state index in [2.05, 4.69) is 20.9 Å². The van der Waals surface area contributed by atoms with Crippen LogP contribution in [0.15, 0.2) is 22.8 Å². The highest BCUT2D eigenvalue weighted by molar-refractivity contribution is 9.10. The number of aliphatic hydroxyl groups excluding tert-OH is 1. The van der Waals surface area contributed by atoms with Gasteiger partial charge in [-0.1, -0.05) is 0 Å². The third-order valence-corrected chi connectivity index (χ3v) is 4.78. The van der Waals surface area contributed by atoms with Crippen molar-refractivity contribution in [1.82, 2.24) is 4.98 Å². The maximum absolute atomic E-state index is 10.6. The van der Waals surface area contributed by atoms with Crippen molar-refractivity contribution in [3.05, 3.63) is 28.5 Å². The Morgan fingerprint density at radius 3 is 3.11 bits per heavy atom. The normalized spacial score (nSPS) is 32.6. The molecule has 104 valence electrons. The Bertz CT molecular complexity index is 448. The van der Waals surface area contributed by atoms with Crippen LogP contribution in [0.2, 0.25) is 0 Å². The third-order valence-electron chi connectivity index (χ3n) is 4.11. The molecule has 0 radical (unpaired) electrons. The van der Waals surface area contributed by atoms with Gasteiger partial charge in [0.05, 0.1) is 17.9 Å². The fourth-order valence-corrected chi connectivity index (χ4v) is 3.53. The van der Waals surface area contributed by atoms with E-state index in [0.29, 0.717) is 13.2 Å². The second kappa shape index (κ2) is 5.48. The number of rotatable bonds is 2. The first-order valence-electron chi connectivity index (χ1n) is 6.70. The monoisotopic (exact) mass is 327 g/mol. The second-order valence-electron chi connectivity index (χ2n) is 5.40. The molecule has 19 heavy (non-hydrogen) atoms. The Hall–Kier alpha value is -0.490. The van der Waals surface area contributed by atoms with Crippen LogP contribution in [-0.2, 0) is 9.47 Å². The smallest absolute Gasteiger partial charge is 0.100 e. The van der Waals surface area contributed by atoms with Crippen LogP contribution < -0.4 is 0 Å². The zero-order chi connectivity index (χ0) is 13.3. The summed E-state index contributed by atoms with van der Waals surface area (Å²) in [5.41, 5.74) is 0.550. The number of aromatic nitrogens is 1. The van der Waals surface area contributed by atoms with Crippen molar-refractivity contribution < 1.29 is 14.6 Å². The zero-order valence-corrected chi connectivity index (χ0v) is 12.3. The lowest BCUT2D eigenvalue weighted by Gasteiger charge is -2.38. The fraction of sp³-hybridized carbons (Fsp3) is 0.643. The number of halogens is 1. The number of aliphatic hydroxyl groups is 1. The van der Waals surface area contributed by atoms with Crippen LogP contribution >= 0.6 is 15.9 Å². The van der Waals surface area contributed by atoms with Crippen molar-refractivity contribution >= 4 is 15.9 Å². The molecule has 0 saturated carbocycles. The summed E-state index contributed by atoms with van der Waals surface area (Å²) in [5, 5.41) is 10.6. The molecule has 0 aliphatic carbocycles. The van der Waals surface area contributed by atoms with Gasteiger partial charge >= 0.3 is 0 Å². The average Bonchev–Trinajstić information content (AvgIpc) is 2.86. The van der Waals surface area contributed by atoms with Gasteiger partial charge < -0.3 is 14.6 Å². The lowest BCUT2D eigenvalue weighted by atomic mass is 9.81. The highest BCUT2D eigenvalue weighted by Gasteiger charge is 2.43. The largest absolute Gasteiger partial charge is 0.386 e. The first kappa shape index (κ1) is 13.5. The SMILES string of the molecule is OC(c1ncccc1Br)C1CCOC2(CCOC2)C1. The summed E-state index contributed by atoms with van der Waals surface area (Å²) in [6.45, 7) is 2.10. The Balaban J connectivity index is 1.76. The molecule has 1 spiro atoms. The molecule has 4 nitrogen and oxygen atoms in total. The minimum Gasteiger partial charge on any atom is -0.386 e. The van der Waals surface area contributed by atoms with E-state index >= 15 is 0 Å². The Kier molecular flexibility index (Phi) is 3.89. The molecule has 2 saturated heterocycles. The fourth-order valence-electron chi connectivity index (χ4n) is 3.04. The number of hydrogen-bond donors (Lipinski definition) is 1. The molecule has 2 aliphatic rings. The van der Waals surface area contributed by atoms with E-state index < -0.39 is 6.10 Å². The number of ether oxygens (including phenoxy) is 2. The Morgan fingerprint density at radius 2 is 2.37 bits per heavy atom. The van der Waals surface area contributed by atoms with E-state index in [9.17, 15) is 5.11 Å². The first-order chi connectivity index (χ1) is 9.20. The Morgan fingerprint density at radius 1 is 1.47 bits per heavy atom. The molecule has 2 aliphatic heterocycles. The minimum atomic E-state index is -0.544. The van der Waals surface area contributed by atoms with Crippen LogP contribution in [0, 0.1) is 5.92 Å². The van der Waals surface area contributed by atoms with Gasteiger partial charge in [-0.2, -0.15) is 0 Å².